The molecule has 0 aromatic heterocycles. The zero-order valence-electron chi connectivity index (χ0n) is 13.7. The first kappa shape index (κ1) is 17.8. The maximum Gasteiger partial charge on any atom is 0.407 e. The van der Waals surface area contributed by atoms with Crippen LogP contribution >= 0.6 is 0 Å². The molecule has 1 amide bonds. The summed E-state index contributed by atoms with van der Waals surface area (Å²) in [7, 11) is 0. The van der Waals surface area contributed by atoms with E-state index >= 15 is 0 Å². The maximum atomic E-state index is 13.0. The fraction of sp³-hybridized carbons (Fsp3) is 0.263. The van der Waals surface area contributed by atoms with Crippen molar-refractivity contribution in [3.63, 3.8) is 0 Å². The topological polar surface area (TPSA) is 75.6 Å². The second kappa shape index (κ2) is 7.11. The van der Waals surface area contributed by atoms with Crippen molar-refractivity contribution in [3.8, 4) is 11.1 Å². The molecule has 1 aliphatic rings. The summed E-state index contributed by atoms with van der Waals surface area (Å²) in [5.41, 5.74) is 4.24. The Morgan fingerprint density at radius 3 is 2.12 bits per heavy atom. The number of halogens is 2. The Morgan fingerprint density at radius 2 is 1.58 bits per heavy atom. The minimum absolute atomic E-state index is 0.0647. The lowest BCUT2D eigenvalue weighted by atomic mass is 9.98. The molecule has 2 aromatic rings. The van der Waals surface area contributed by atoms with Gasteiger partial charge in [0.05, 0.1) is 0 Å². The van der Waals surface area contributed by atoms with Crippen LogP contribution in [0.3, 0.4) is 0 Å². The molecule has 0 heterocycles. The molecule has 0 fully saturated rings. The summed E-state index contributed by atoms with van der Waals surface area (Å²) in [6, 6.07) is 15.6. The fourth-order valence-corrected chi connectivity index (χ4v) is 3.08. The Kier molecular flexibility index (Phi) is 4.88. The minimum atomic E-state index is -3.88. The molecular formula is C19H17F2NO4. The highest BCUT2D eigenvalue weighted by molar-refractivity contribution is 5.79. The predicted octanol–water partition coefficient (Wildman–Crippen LogP) is 3.64. The Bertz CT molecular complexity index is 792. The summed E-state index contributed by atoms with van der Waals surface area (Å²) in [6.07, 6.45) is -1.85. The van der Waals surface area contributed by atoms with Crippen molar-refractivity contribution in [1.82, 2.24) is 5.32 Å². The number of carbonyl (C=O) groups is 2. The van der Waals surface area contributed by atoms with E-state index in [-0.39, 0.29) is 12.5 Å². The van der Waals surface area contributed by atoms with Crippen molar-refractivity contribution in [2.24, 2.45) is 0 Å². The van der Waals surface area contributed by atoms with Crippen molar-refractivity contribution >= 4 is 12.1 Å². The van der Waals surface area contributed by atoms with E-state index in [2.05, 4.69) is 5.32 Å². The number of rotatable bonds is 6. The van der Waals surface area contributed by atoms with E-state index in [0.717, 1.165) is 22.3 Å². The number of fused-ring (bicyclic) bond motifs is 3. The normalized spacial score (nSPS) is 13.0. The van der Waals surface area contributed by atoms with Gasteiger partial charge in [0, 0.05) is 18.9 Å². The Morgan fingerprint density at radius 1 is 1.04 bits per heavy atom. The zero-order valence-corrected chi connectivity index (χ0v) is 13.7. The van der Waals surface area contributed by atoms with Crippen LogP contribution in [0.25, 0.3) is 11.1 Å². The van der Waals surface area contributed by atoms with Gasteiger partial charge in [-0.05, 0) is 22.3 Å². The summed E-state index contributed by atoms with van der Waals surface area (Å²) in [5, 5.41) is 10.5. The standard InChI is InChI=1S/C19H17F2NO4/c20-19(21,17(23)24)9-10-22-18(25)26-11-16-14-7-3-1-5-12(14)13-6-2-4-8-15(13)16/h1-8,16H,9-11H2,(H,22,25)(H,23,24). The van der Waals surface area contributed by atoms with Crippen LogP contribution < -0.4 is 5.32 Å². The van der Waals surface area contributed by atoms with Crippen LogP contribution in [0.5, 0.6) is 0 Å². The van der Waals surface area contributed by atoms with Gasteiger partial charge < -0.3 is 15.2 Å². The number of nitrogens with one attached hydrogen (secondary N) is 1. The van der Waals surface area contributed by atoms with Crippen molar-refractivity contribution in [2.75, 3.05) is 13.2 Å². The van der Waals surface area contributed by atoms with E-state index in [4.69, 9.17) is 9.84 Å². The Hall–Kier alpha value is -2.96. The predicted molar refractivity (Wildman–Crippen MR) is 90.3 cm³/mol. The number of carboxylic acid groups (broad SMARTS) is 1. The number of hydrogen-bond donors (Lipinski definition) is 2. The third-order valence-corrected chi connectivity index (χ3v) is 4.36. The lowest BCUT2D eigenvalue weighted by Crippen LogP contribution is -2.35. The van der Waals surface area contributed by atoms with Crippen LogP contribution in [0.15, 0.2) is 48.5 Å². The van der Waals surface area contributed by atoms with E-state index in [1.807, 2.05) is 48.5 Å². The molecule has 0 atom stereocenters. The molecule has 0 saturated heterocycles. The van der Waals surface area contributed by atoms with Gasteiger partial charge in [0.1, 0.15) is 6.61 Å². The lowest BCUT2D eigenvalue weighted by molar-refractivity contribution is -0.165. The second-order valence-corrected chi connectivity index (χ2v) is 6.01. The molecule has 0 spiro atoms. The van der Waals surface area contributed by atoms with Crippen LogP contribution in [-0.2, 0) is 9.53 Å². The Labute approximate surface area is 148 Å². The molecule has 136 valence electrons. The molecule has 0 aliphatic heterocycles. The number of ether oxygens (including phenoxy) is 1. The molecule has 2 N–H and O–H groups in total. The van der Waals surface area contributed by atoms with Gasteiger partial charge in [0.25, 0.3) is 0 Å². The van der Waals surface area contributed by atoms with Gasteiger partial charge in [0.2, 0.25) is 0 Å². The molecule has 0 bridgehead atoms. The van der Waals surface area contributed by atoms with Gasteiger partial charge in [0.15, 0.2) is 0 Å². The molecule has 3 rings (SSSR count). The second-order valence-electron chi connectivity index (χ2n) is 6.01. The Balaban J connectivity index is 1.60. The van der Waals surface area contributed by atoms with E-state index in [1.165, 1.54) is 0 Å². The summed E-state index contributed by atoms with van der Waals surface area (Å²) in [6.45, 7) is -0.425. The van der Waals surface area contributed by atoms with E-state index in [9.17, 15) is 18.4 Å². The van der Waals surface area contributed by atoms with Gasteiger partial charge in [-0.25, -0.2) is 9.59 Å². The van der Waals surface area contributed by atoms with Crippen molar-refractivity contribution in [3.05, 3.63) is 59.7 Å². The summed E-state index contributed by atoms with van der Waals surface area (Å²) >= 11 is 0. The number of aliphatic carboxylic acids is 1. The van der Waals surface area contributed by atoms with Crippen molar-refractivity contribution < 1.29 is 28.2 Å². The first-order chi connectivity index (χ1) is 12.4. The van der Waals surface area contributed by atoms with Crippen LogP contribution in [0.4, 0.5) is 13.6 Å². The largest absolute Gasteiger partial charge is 0.477 e. The van der Waals surface area contributed by atoms with Gasteiger partial charge in [-0.15, -0.1) is 0 Å². The van der Waals surface area contributed by atoms with E-state index < -0.39 is 31.0 Å². The number of carboxylic acids is 1. The highest BCUT2D eigenvalue weighted by Gasteiger charge is 2.38. The number of amides is 1. The fourth-order valence-electron chi connectivity index (χ4n) is 3.08. The molecule has 26 heavy (non-hydrogen) atoms. The molecule has 1 aliphatic carbocycles. The molecule has 5 nitrogen and oxygen atoms in total. The highest BCUT2D eigenvalue weighted by atomic mass is 19.3. The van der Waals surface area contributed by atoms with Gasteiger partial charge in [-0.3, -0.25) is 0 Å². The third-order valence-electron chi connectivity index (χ3n) is 4.36. The highest BCUT2D eigenvalue weighted by Crippen LogP contribution is 2.44. The summed E-state index contributed by atoms with van der Waals surface area (Å²) in [5.74, 6) is -6.23. The summed E-state index contributed by atoms with van der Waals surface area (Å²) < 4.78 is 31.1. The number of carbonyl (C=O) groups excluding carboxylic acids is 1. The van der Waals surface area contributed by atoms with Crippen LogP contribution in [-0.4, -0.2) is 36.2 Å². The molecule has 7 heteroatoms. The molecule has 2 aromatic carbocycles. The van der Waals surface area contributed by atoms with E-state index in [0.29, 0.717) is 0 Å². The smallest absolute Gasteiger partial charge is 0.407 e. The SMILES string of the molecule is O=C(NCCC(F)(F)C(=O)O)OCC1c2ccccc2-c2ccccc21. The number of alkyl carbamates (subject to hydrolysis) is 1. The van der Waals surface area contributed by atoms with Crippen molar-refractivity contribution in [2.45, 2.75) is 18.3 Å². The first-order valence-electron chi connectivity index (χ1n) is 8.10. The minimum Gasteiger partial charge on any atom is -0.477 e. The monoisotopic (exact) mass is 361 g/mol. The average Bonchev–Trinajstić information content (AvgIpc) is 2.94. The van der Waals surface area contributed by atoms with Gasteiger partial charge in [-0.1, -0.05) is 48.5 Å². The van der Waals surface area contributed by atoms with Crippen LogP contribution in [0.1, 0.15) is 23.5 Å². The number of benzene rings is 2. The van der Waals surface area contributed by atoms with Crippen molar-refractivity contribution in [1.29, 1.82) is 0 Å². The molecule has 0 saturated carbocycles. The number of hydrogen-bond acceptors (Lipinski definition) is 3. The van der Waals surface area contributed by atoms with E-state index in [1.54, 1.807) is 0 Å². The maximum absolute atomic E-state index is 13.0. The molecule has 0 radical (unpaired) electrons. The van der Waals surface area contributed by atoms with Gasteiger partial charge in [-0.2, -0.15) is 8.78 Å². The quantitative estimate of drug-likeness (QED) is 0.824. The first-order valence-corrected chi connectivity index (χ1v) is 8.10. The lowest BCUT2D eigenvalue weighted by Gasteiger charge is -2.15. The molecule has 0 unspecified atom stereocenters. The summed E-state index contributed by atoms with van der Waals surface area (Å²) in [4.78, 5) is 22.1. The van der Waals surface area contributed by atoms with Crippen LogP contribution in [0, 0.1) is 0 Å². The number of alkyl halides is 2. The molecular weight excluding hydrogens is 344 g/mol. The average molecular weight is 361 g/mol. The zero-order chi connectivity index (χ0) is 18.7. The third kappa shape index (κ3) is 3.51. The van der Waals surface area contributed by atoms with Crippen LogP contribution in [0.2, 0.25) is 0 Å². The van der Waals surface area contributed by atoms with Gasteiger partial charge >= 0.3 is 18.0 Å².